The van der Waals surface area contributed by atoms with Crippen molar-refractivity contribution in [2.24, 2.45) is 0 Å². The highest BCUT2D eigenvalue weighted by Gasteiger charge is 2.28. The predicted molar refractivity (Wildman–Crippen MR) is 159 cm³/mol. The van der Waals surface area contributed by atoms with Crippen LogP contribution in [0.2, 0.25) is 0 Å². The van der Waals surface area contributed by atoms with Crippen molar-refractivity contribution in [1.82, 2.24) is 0 Å². The Labute approximate surface area is 208 Å². The molecule has 0 aromatic rings. The van der Waals surface area contributed by atoms with E-state index in [1.807, 2.05) is 0 Å². The second kappa shape index (κ2) is 21.0. The van der Waals surface area contributed by atoms with Gasteiger partial charge in [-0.05, 0) is 19.3 Å². The molecule has 1 fully saturated rings. The summed E-state index contributed by atoms with van der Waals surface area (Å²) < 4.78 is 0.885. The highest BCUT2D eigenvalue weighted by Crippen LogP contribution is 2.79. The van der Waals surface area contributed by atoms with Crippen LogP contribution in [0, 0.1) is 0 Å². The molecule has 29 heavy (non-hydrogen) atoms. The highest BCUT2D eigenvalue weighted by molar-refractivity contribution is 9.48. The van der Waals surface area contributed by atoms with Crippen molar-refractivity contribution in [3.63, 3.8) is 0 Å². The molecule has 0 N–H and O–H groups in total. The first-order valence-corrected chi connectivity index (χ1v) is 21.4. The third-order valence-corrected chi connectivity index (χ3v) is 25.5. The quantitative estimate of drug-likeness (QED) is 0.0993. The van der Waals surface area contributed by atoms with Crippen LogP contribution in [-0.4, -0.2) is 37.8 Å². The van der Waals surface area contributed by atoms with Gasteiger partial charge < -0.3 is 0 Å². The zero-order valence-electron chi connectivity index (χ0n) is 19.2. The molecule has 0 aromatic heterocycles. The number of hydrogen-bond acceptors (Lipinski definition) is 6. The van der Waals surface area contributed by atoms with Crippen LogP contribution in [0.5, 0.6) is 0 Å². The topological polar surface area (TPSA) is 0 Å². The third kappa shape index (κ3) is 15.8. The van der Waals surface area contributed by atoms with E-state index in [9.17, 15) is 0 Å². The van der Waals surface area contributed by atoms with Crippen molar-refractivity contribution in [1.29, 1.82) is 0 Å². The first-order valence-electron chi connectivity index (χ1n) is 11.8. The van der Waals surface area contributed by atoms with Gasteiger partial charge in [0.15, 0.2) is 0 Å². The van der Waals surface area contributed by atoms with Gasteiger partial charge in [-0.25, -0.2) is 0 Å². The van der Waals surface area contributed by atoms with Crippen LogP contribution in [0.1, 0.15) is 97.8 Å². The zero-order valence-corrected chi connectivity index (χ0v) is 24.9. The van der Waals surface area contributed by atoms with Crippen molar-refractivity contribution in [2.45, 2.75) is 102 Å². The number of rotatable bonds is 22. The van der Waals surface area contributed by atoms with Crippen molar-refractivity contribution < 1.29 is 0 Å². The second-order valence-electron chi connectivity index (χ2n) is 7.57. The summed E-state index contributed by atoms with van der Waals surface area (Å²) in [6.07, 6.45) is 16.9. The van der Waals surface area contributed by atoms with Crippen LogP contribution in [0.25, 0.3) is 0 Å². The first kappa shape index (κ1) is 29.5. The Morgan fingerprint density at radius 2 is 1.10 bits per heavy atom. The van der Waals surface area contributed by atoms with Crippen LogP contribution in [0.3, 0.4) is 0 Å². The molecular formula is C22H46S7. The molecule has 0 spiro atoms. The summed E-state index contributed by atoms with van der Waals surface area (Å²) in [5, 5.41) is 2.74. The largest absolute Gasteiger partial charge is 0.148 e. The van der Waals surface area contributed by atoms with Gasteiger partial charge in [0.2, 0.25) is 0 Å². The Bertz CT molecular complexity index is 314. The maximum absolute atomic E-state index is 2.40. The van der Waals surface area contributed by atoms with Crippen molar-refractivity contribution in [2.75, 3.05) is 33.2 Å². The molecule has 0 saturated carbocycles. The molecule has 0 aromatic carbocycles. The zero-order chi connectivity index (χ0) is 21.0. The summed E-state index contributed by atoms with van der Waals surface area (Å²) in [6.45, 7) is 6.98. The molecule has 0 amide bonds. The van der Waals surface area contributed by atoms with Gasteiger partial charge in [-0.3, -0.25) is 0 Å². The van der Waals surface area contributed by atoms with E-state index in [4.69, 9.17) is 0 Å². The standard InChI is InChI=1S/C22H46S7/c1-4-7-10-13-16-26-29(27-17-14-11-8-5-2,28-18-15-12-9-6-3)21-23-19-22-24-20-25-22/h22H,4-21H2,1-3H3. The fraction of sp³-hybridized carbons (Fsp3) is 1.00. The molecular weight excluding hydrogens is 489 g/mol. The van der Waals surface area contributed by atoms with Gasteiger partial charge in [-0.15, -0.1) is 35.3 Å². The minimum atomic E-state index is -0.643. The van der Waals surface area contributed by atoms with E-state index >= 15 is 0 Å². The third-order valence-electron chi connectivity index (χ3n) is 4.77. The lowest BCUT2D eigenvalue weighted by molar-refractivity contribution is 0.707. The summed E-state index contributed by atoms with van der Waals surface area (Å²) in [6, 6.07) is 0. The van der Waals surface area contributed by atoms with Crippen LogP contribution in [-0.2, 0) is 0 Å². The van der Waals surface area contributed by atoms with Gasteiger partial charge in [0, 0.05) is 33.2 Å². The Morgan fingerprint density at radius 3 is 1.45 bits per heavy atom. The summed E-state index contributed by atoms with van der Waals surface area (Å²) in [7, 11) is 6.55. The number of unbranched alkanes of at least 4 members (excludes halogenated alkanes) is 9. The minimum absolute atomic E-state index is 0.643. The molecule has 0 unspecified atom stereocenters. The molecule has 1 aliphatic heterocycles. The van der Waals surface area contributed by atoms with Gasteiger partial charge in [0.25, 0.3) is 0 Å². The van der Waals surface area contributed by atoms with Gasteiger partial charge in [-0.2, -0.15) is 0 Å². The summed E-state index contributed by atoms with van der Waals surface area (Å²) in [5.41, 5.74) is 0. The molecule has 7 heteroatoms. The summed E-state index contributed by atoms with van der Waals surface area (Å²) >= 11 is 6.62. The molecule has 0 aliphatic carbocycles. The second-order valence-corrected chi connectivity index (χ2v) is 24.5. The molecule has 0 bridgehead atoms. The summed E-state index contributed by atoms with van der Waals surface area (Å²) in [5.74, 6) is 5.56. The maximum Gasteiger partial charge on any atom is 0.0609 e. The van der Waals surface area contributed by atoms with Gasteiger partial charge >= 0.3 is 0 Å². The lowest BCUT2D eigenvalue weighted by Gasteiger charge is -2.38. The number of hydrogen-bond donors (Lipinski definition) is 0. The maximum atomic E-state index is 2.40. The molecule has 1 heterocycles. The van der Waals surface area contributed by atoms with Crippen molar-refractivity contribution >= 4 is 74.8 Å². The normalized spacial score (nSPS) is 15.6. The molecule has 1 saturated heterocycles. The molecule has 0 atom stereocenters. The average molecular weight is 535 g/mol. The van der Waals surface area contributed by atoms with Crippen LogP contribution in [0.15, 0.2) is 0 Å². The van der Waals surface area contributed by atoms with Crippen LogP contribution >= 0.6 is 74.8 Å². The Hall–Kier alpha value is 2.45. The first-order chi connectivity index (χ1) is 14.3. The van der Waals surface area contributed by atoms with Crippen molar-refractivity contribution in [3.8, 4) is 0 Å². The van der Waals surface area contributed by atoms with E-state index in [1.54, 1.807) is 0 Å². The average Bonchev–Trinajstić information content (AvgIpc) is 2.69. The summed E-state index contributed by atoms with van der Waals surface area (Å²) in [4.78, 5) is 0. The Kier molecular flexibility index (Phi) is 21.4. The van der Waals surface area contributed by atoms with E-state index in [1.165, 1.54) is 110 Å². The fourth-order valence-corrected chi connectivity index (χ4v) is 22.8. The Morgan fingerprint density at radius 1 is 0.655 bits per heavy atom. The molecule has 1 rings (SSSR count). The molecule has 176 valence electrons. The SMILES string of the molecule is CCCCCCSS(CSCC1SCS1)(SCCCCCC)SCCCCCC. The monoisotopic (exact) mass is 534 g/mol. The van der Waals surface area contributed by atoms with E-state index in [0.29, 0.717) is 0 Å². The van der Waals surface area contributed by atoms with Crippen molar-refractivity contribution in [3.05, 3.63) is 0 Å². The van der Waals surface area contributed by atoms with Crippen LogP contribution < -0.4 is 0 Å². The molecule has 0 radical (unpaired) electrons. The Balaban J connectivity index is 2.54. The smallest absolute Gasteiger partial charge is 0.0609 e. The van der Waals surface area contributed by atoms with E-state index in [-0.39, 0.29) is 0 Å². The van der Waals surface area contributed by atoms with Gasteiger partial charge in [0.1, 0.15) is 0 Å². The predicted octanol–water partition coefficient (Wildman–Crippen LogP) is 10.9. The minimum Gasteiger partial charge on any atom is -0.148 e. The van der Waals surface area contributed by atoms with E-state index < -0.39 is 7.12 Å². The highest BCUT2D eigenvalue weighted by atomic mass is 33.8. The van der Waals surface area contributed by atoms with E-state index in [2.05, 4.69) is 88.4 Å². The lowest BCUT2D eigenvalue weighted by Crippen LogP contribution is -2.11. The molecule has 0 nitrogen and oxygen atoms in total. The van der Waals surface area contributed by atoms with Crippen LogP contribution in [0.4, 0.5) is 0 Å². The molecule has 1 aliphatic rings. The lowest BCUT2D eigenvalue weighted by atomic mass is 10.2. The van der Waals surface area contributed by atoms with Gasteiger partial charge in [-0.1, -0.05) is 118 Å². The van der Waals surface area contributed by atoms with Gasteiger partial charge in [0.05, 0.1) is 4.58 Å². The fourth-order valence-electron chi connectivity index (χ4n) is 2.86. The van der Waals surface area contributed by atoms with E-state index in [0.717, 1.165) is 4.58 Å². The number of thioether (sulfide) groups is 3.